The van der Waals surface area contributed by atoms with Crippen LogP contribution in [0.4, 0.5) is 4.39 Å². The summed E-state index contributed by atoms with van der Waals surface area (Å²) in [4.78, 5) is 15.7. The molecule has 0 aliphatic carbocycles. The van der Waals surface area contributed by atoms with E-state index in [0.717, 1.165) is 5.39 Å². The number of hydrogen-bond donors (Lipinski definition) is 1. The minimum absolute atomic E-state index is 0.0768. The van der Waals surface area contributed by atoms with Crippen molar-refractivity contribution in [2.45, 2.75) is 6.42 Å². The van der Waals surface area contributed by atoms with Crippen molar-refractivity contribution in [3.05, 3.63) is 53.8 Å². The number of rotatable bonds is 4. The largest absolute Gasteiger partial charge is 0.494 e. The molecule has 0 amide bonds. The number of carboxylic acids is 1. The van der Waals surface area contributed by atoms with E-state index in [1.165, 1.54) is 19.2 Å². The Morgan fingerprint density at radius 2 is 2.04 bits per heavy atom. The summed E-state index contributed by atoms with van der Waals surface area (Å²) in [7, 11) is 7.15. The lowest BCUT2D eigenvalue weighted by molar-refractivity contribution is -0.136. The van der Waals surface area contributed by atoms with Crippen LogP contribution in [0.15, 0.2) is 42.5 Å². The lowest BCUT2D eigenvalue weighted by Gasteiger charge is -2.11. The van der Waals surface area contributed by atoms with Crippen LogP contribution in [-0.4, -0.2) is 31.0 Å². The number of aliphatic carboxylic acids is 1. The Hall–Kier alpha value is -2.89. The fraction of sp³-hybridized carbons (Fsp3) is 0.111. The number of nitrogens with zero attached hydrogens (tertiary/aromatic N) is 1. The predicted octanol–water partition coefficient (Wildman–Crippen LogP) is 2.47. The number of carboxylic acid groups (broad SMARTS) is 1. The average Bonchev–Trinajstić information content (AvgIpc) is 2.54. The van der Waals surface area contributed by atoms with E-state index in [9.17, 15) is 14.3 Å². The third-order valence-electron chi connectivity index (χ3n) is 3.68. The van der Waals surface area contributed by atoms with Gasteiger partial charge in [0.1, 0.15) is 7.85 Å². The van der Waals surface area contributed by atoms with Crippen molar-refractivity contribution in [1.29, 1.82) is 0 Å². The summed E-state index contributed by atoms with van der Waals surface area (Å²) in [5.41, 5.74) is 2.84. The summed E-state index contributed by atoms with van der Waals surface area (Å²) in [6.45, 7) is 0. The fourth-order valence-electron chi connectivity index (χ4n) is 2.59. The van der Waals surface area contributed by atoms with Gasteiger partial charge in [-0.15, -0.1) is 0 Å². The van der Waals surface area contributed by atoms with Crippen LogP contribution < -0.4 is 10.2 Å². The molecule has 118 valence electrons. The molecule has 0 saturated carbocycles. The third-order valence-corrected chi connectivity index (χ3v) is 3.68. The first-order valence-electron chi connectivity index (χ1n) is 7.23. The van der Waals surface area contributed by atoms with Gasteiger partial charge in [0.25, 0.3) is 0 Å². The van der Waals surface area contributed by atoms with E-state index in [1.54, 1.807) is 30.3 Å². The molecule has 1 aromatic heterocycles. The summed E-state index contributed by atoms with van der Waals surface area (Å²) >= 11 is 0. The van der Waals surface area contributed by atoms with Crippen molar-refractivity contribution >= 4 is 30.2 Å². The van der Waals surface area contributed by atoms with E-state index >= 15 is 0 Å². The second kappa shape index (κ2) is 6.32. The van der Waals surface area contributed by atoms with E-state index in [2.05, 4.69) is 4.98 Å². The van der Waals surface area contributed by atoms with Crippen LogP contribution >= 0.6 is 0 Å². The van der Waals surface area contributed by atoms with Crippen molar-refractivity contribution < 1.29 is 19.0 Å². The standard InChI is InChI=1S/C18H13BFNO3/c1-24-16-8-10(2-4-14(16)20)18-12(9-17(22)23)6-11-7-13(19)3-5-15(11)21-18/h2-8H,9H2,1H3,(H,22,23). The molecule has 3 rings (SSSR count). The number of aromatic nitrogens is 1. The van der Waals surface area contributed by atoms with Gasteiger partial charge in [-0.2, -0.15) is 0 Å². The maximum Gasteiger partial charge on any atom is 0.307 e. The number of pyridine rings is 1. The number of carbonyl (C=O) groups is 1. The van der Waals surface area contributed by atoms with Gasteiger partial charge >= 0.3 is 5.97 Å². The molecule has 0 atom stereocenters. The normalized spacial score (nSPS) is 10.8. The Bertz CT molecular complexity index is 943. The number of ether oxygens (including phenoxy) is 1. The molecule has 2 radical (unpaired) electrons. The number of benzene rings is 2. The lowest BCUT2D eigenvalue weighted by atomic mass is 9.93. The predicted molar refractivity (Wildman–Crippen MR) is 90.4 cm³/mol. The highest BCUT2D eigenvalue weighted by Gasteiger charge is 2.14. The molecule has 1 heterocycles. The van der Waals surface area contributed by atoms with Crippen molar-refractivity contribution in [3.63, 3.8) is 0 Å². The zero-order valence-corrected chi connectivity index (χ0v) is 12.9. The fourth-order valence-corrected chi connectivity index (χ4v) is 2.59. The SMILES string of the molecule is [B]c1ccc2nc(-c3ccc(F)c(OC)c3)c(CC(=O)O)cc2c1. The van der Waals surface area contributed by atoms with E-state index in [0.29, 0.717) is 27.8 Å². The molecule has 0 spiro atoms. The number of fused-ring (bicyclic) bond motifs is 1. The van der Waals surface area contributed by atoms with E-state index < -0.39 is 11.8 Å². The molecule has 4 nitrogen and oxygen atoms in total. The van der Waals surface area contributed by atoms with Crippen molar-refractivity contribution in [2.24, 2.45) is 0 Å². The summed E-state index contributed by atoms with van der Waals surface area (Å²) in [6.07, 6.45) is -0.202. The summed E-state index contributed by atoms with van der Waals surface area (Å²) in [5.74, 6) is -1.39. The minimum atomic E-state index is -0.977. The first kappa shape index (κ1) is 16.0. The van der Waals surface area contributed by atoms with Crippen LogP contribution in [0.1, 0.15) is 5.56 Å². The Balaban J connectivity index is 2.24. The van der Waals surface area contributed by atoms with Gasteiger partial charge < -0.3 is 9.84 Å². The van der Waals surface area contributed by atoms with Crippen molar-refractivity contribution in [2.75, 3.05) is 7.11 Å². The number of hydrogen-bond acceptors (Lipinski definition) is 3. The van der Waals surface area contributed by atoms with E-state index in [1.807, 2.05) is 0 Å². The van der Waals surface area contributed by atoms with Crippen molar-refractivity contribution in [3.8, 4) is 17.0 Å². The molecule has 1 N–H and O–H groups in total. The van der Waals surface area contributed by atoms with Crippen molar-refractivity contribution in [1.82, 2.24) is 4.98 Å². The molecule has 0 bridgehead atoms. The maximum absolute atomic E-state index is 13.6. The molecule has 3 aromatic rings. The van der Waals surface area contributed by atoms with Gasteiger partial charge in [-0.1, -0.05) is 17.6 Å². The lowest BCUT2D eigenvalue weighted by Crippen LogP contribution is -2.06. The zero-order chi connectivity index (χ0) is 17.3. The Labute approximate surface area is 139 Å². The highest BCUT2D eigenvalue weighted by molar-refractivity contribution is 6.33. The first-order chi connectivity index (χ1) is 11.5. The van der Waals surface area contributed by atoms with Crippen LogP contribution in [0, 0.1) is 5.82 Å². The monoisotopic (exact) mass is 321 g/mol. The van der Waals surface area contributed by atoms with Crippen LogP contribution in [0.5, 0.6) is 5.75 Å². The smallest absolute Gasteiger partial charge is 0.307 e. The molecule has 24 heavy (non-hydrogen) atoms. The minimum Gasteiger partial charge on any atom is -0.494 e. The van der Waals surface area contributed by atoms with Gasteiger partial charge in [0, 0.05) is 5.56 Å². The van der Waals surface area contributed by atoms with E-state index in [4.69, 9.17) is 12.6 Å². The van der Waals surface area contributed by atoms with Crippen LogP contribution in [0.25, 0.3) is 22.2 Å². The van der Waals surface area contributed by atoms with Gasteiger partial charge in [0.15, 0.2) is 11.6 Å². The van der Waals surface area contributed by atoms with Crippen LogP contribution in [0.3, 0.4) is 0 Å². The maximum atomic E-state index is 13.6. The molecular weight excluding hydrogens is 308 g/mol. The number of halogens is 1. The molecule has 0 fully saturated rings. The summed E-state index contributed by atoms with van der Waals surface area (Å²) < 4.78 is 18.6. The van der Waals surface area contributed by atoms with Crippen LogP contribution in [-0.2, 0) is 11.2 Å². The Morgan fingerprint density at radius 1 is 1.25 bits per heavy atom. The molecule has 0 aliphatic heterocycles. The third kappa shape index (κ3) is 3.08. The quantitative estimate of drug-likeness (QED) is 0.750. The number of methoxy groups -OCH3 is 1. The zero-order valence-electron chi connectivity index (χ0n) is 12.9. The molecule has 2 aromatic carbocycles. The van der Waals surface area contributed by atoms with Gasteiger partial charge in [0.2, 0.25) is 0 Å². The highest BCUT2D eigenvalue weighted by atomic mass is 19.1. The first-order valence-corrected chi connectivity index (χ1v) is 7.23. The van der Waals surface area contributed by atoms with Gasteiger partial charge in [-0.05, 0) is 41.3 Å². The molecule has 0 aliphatic rings. The summed E-state index contributed by atoms with van der Waals surface area (Å²) in [6, 6.07) is 11.3. The van der Waals surface area contributed by atoms with E-state index in [-0.39, 0.29) is 12.2 Å². The average molecular weight is 321 g/mol. The van der Waals surface area contributed by atoms with Gasteiger partial charge in [-0.3, -0.25) is 4.79 Å². The second-order valence-corrected chi connectivity index (χ2v) is 5.37. The molecular formula is C18H13BFNO3. The van der Waals surface area contributed by atoms with Crippen LogP contribution in [0.2, 0.25) is 0 Å². The Kier molecular flexibility index (Phi) is 4.21. The van der Waals surface area contributed by atoms with Gasteiger partial charge in [-0.25, -0.2) is 9.37 Å². The second-order valence-electron chi connectivity index (χ2n) is 5.37. The molecule has 0 saturated heterocycles. The topological polar surface area (TPSA) is 59.4 Å². The van der Waals surface area contributed by atoms with Gasteiger partial charge in [0.05, 0.1) is 24.7 Å². The molecule has 0 unspecified atom stereocenters. The highest BCUT2D eigenvalue weighted by Crippen LogP contribution is 2.29. The Morgan fingerprint density at radius 3 is 2.75 bits per heavy atom. The summed E-state index contributed by atoms with van der Waals surface area (Å²) in [5, 5.41) is 9.93. The molecule has 6 heteroatoms.